The number of likely N-dealkylation sites (tertiary alicyclic amines) is 1. The number of rotatable bonds is 5. The Bertz CT molecular complexity index is 1200. The lowest BCUT2D eigenvalue weighted by Gasteiger charge is -2.22. The van der Waals surface area contributed by atoms with Gasteiger partial charge in [-0.2, -0.15) is 10.1 Å². The Balaban J connectivity index is 1.32. The van der Waals surface area contributed by atoms with Gasteiger partial charge in [-0.1, -0.05) is 54.8 Å². The van der Waals surface area contributed by atoms with Gasteiger partial charge in [-0.3, -0.25) is 9.69 Å². The van der Waals surface area contributed by atoms with Crippen LogP contribution in [0.3, 0.4) is 0 Å². The number of fused-ring (bicyclic) bond motifs is 1. The van der Waals surface area contributed by atoms with Crippen LogP contribution in [0.1, 0.15) is 43.8 Å². The second kappa shape index (κ2) is 8.85. The highest BCUT2D eigenvalue weighted by atomic mass is 16.5. The molecule has 0 atom stereocenters. The molecule has 0 N–H and O–H groups in total. The van der Waals surface area contributed by atoms with Gasteiger partial charge < -0.3 is 9.09 Å². The summed E-state index contributed by atoms with van der Waals surface area (Å²) in [6.45, 7) is 3.08. The Morgan fingerprint density at radius 2 is 1.71 bits per heavy atom. The molecule has 1 aromatic carbocycles. The van der Waals surface area contributed by atoms with Crippen molar-refractivity contribution in [1.29, 1.82) is 0 Å². The summed E-state index contributed by atoms with van der Waals surface area (Å²) in [6.07, 6.45) is 9.84. The first-order valence-electron chi connectivity index (χ1n) is 10.9. The van der Waals surface area contributed by atoms with Gasteiger partial charge in [0.25, 0.3) is 5.56 Å². The minimum atomic E-state index is -0.132. The van der Waals surface area contributed by atoms with E-state index in [-0.39, 0.29) is 12.1 Å². The molecule has 4 heterocycles. The van der Waals surface area contributed by atoms with E-state index in [1.54, 1.807) is 21.5 Å². The van der Waals surface area contributed by atoms with E-state index in [0.29, 0.717) is 23.8 Å². The van der Waals surface area contributed by atoms with Crippen LogP contribution in [0.2, 0.25) is 0 Å². The van der Waals surface area contributed by atoms with Crippen molar-refractivity contribution in [3.05, 3.63) is 70.9 Å². The summed E-state index contributed by atoms with van der Waals surface area (Å²) in [5.41, 5.74) is 2.13. The van der Waals surface area contributed by atoms with Crippen LogP contribution in [0.4, 0.5) is 0 Å². The van der Waals surface area contributed by atoms with Crippen molar-refractivity contribution < 1.29 is 4.52 Å². The van der Waals surface area contributed by atoms with Crippen molar-refractivity contribution in [3.8, 4) is 11.3 Å². The summed E-state index contributed by atoms with van der Waals surface area (Å²) in [5.74, 6) is 1.12. The highest BCUT2D eigenvalue weighted by Gasteiger charge is 2.15. The summed E-state index contributed by atoms with van der Waals surface area (Å²) in [7, 11) is 0. The summed E-state index contributed by atoms with van der Waals surface area (Å²) in [4.78, 5) is 19.9. The minimum Gasteiger partial charge on any atom is -0.338 e. The van der Waals surface area contributed by atoms with Crippen molar-refractivity contribution in [2.45, 2.75) is 45.2 Å². The summed E-state index contributed by atoms with van der Waals surface area (Å²) >= 11 is 0. The van der Waals surface area contributed by atoms with Crippen LogP contribution < -0.4 is 5.56 Å². The monoisotopic (exact) mass is 418 g/mol. The zero-order valence-electron chi connectivity index (χ0n) is 17.5. The van der Waals surface area contributed by atoms with E-state index >= 15 is 0 Å². The van der Waals surface area contributed by atoms with Crippen LogP contribution in [0.15, 0.2) is 58.1 Å². The van der Waals surface area contributed by atoms with E-state index in [0.717, 1.165) is 24.3 Å². The second-order valence-electron chi connectivity index (χ2n) is 8.10. The predicted octanol–water partition coefficient (Wildman–Crippen LogP) is 3.36. The number of aromatic nitrogens is 5. The molecular formula is C23H26N6O2. The molecule has 0 aliphatic carbocycles. The van der Waals surface area contributed by atoms with Gasteiger partial charge in [0.1, 0.15) is 5.52 Å². The average Bonchev–Trinajstić information content (AvgIpc) is 3.40. The Morgan fingerprint density at radius 1 is 0.935 bits per heavy atom. The number of hydrogen-bond acceptors (Lipinski definition) is 6. The lowest BCUT2D eigenvalue weighted by atomic mass is 10.1. The fourth-order valence-electron chi connectivity index (χ4n) is 4.13. The average molecular weight is 419 g/mol. The quantitative estimate of drug-likeness (QED) is 0.494. The molecule has 3 aromatic heterocycles. The topological polar surface area (TPSA) is 81.5 Å². The first kappa shape index (κ1) is 19.7. The summed E-state index contributed by atoms with van der Waals surface area (Å²) < 4.78 is 8.67. The number of benzene rings is 1. The Hall–Kier alpha value is -3.26. The van der Waals surface area contributed by atoms with Gasteiger partial charge in [-0.25, -0.2) is 4.52 Å². The van der Waals surface area contributed by atoms with Gasteiger partial charge >= 0.3 is 0 Å². The molecule has 160 valence electrons. The van der Waals surface area contributed by atoms with Gasteiger partial charge in [0.05, 0.1) is 18.8 Å². The van der Waals surface area contributed by atoms with E-state index in [1.165, 1.54) is 32.1 Å². The third-order valence-electron chi connectivity index (χ3n) is 5.80. The van der Waals surface area contributed by atoms with Crippen molar-refractivity contribution >= 4 is 5.52 Å². The molecule has 1 aliphatic heterocycles. The van der Waals surface area contributed by atoms with Crippen molar-refractivity contribution in [3.63, 3.8) is 0 Å². The van der Waals surface area contributed by atoms with Crippen molar-refractivity contribution in [2.75, 3.05) is 13.1 Å². The van der Waals surface area contributed by atoms with Crippen LogP contribution in [-0.4, -0.2) is 42.3 Å². The Kier molecular flexibility index (Phi) is 5.62. The molecular weight excluding hydrogens is 392 g/mol. The molecule has 0 bridgehead atoms. The Labute approximate surface area is 180 Å². The van der Waals surface area contributed by atoms with Crippen molar-refractivity contribution in [1.82, 2.24) is 29.2 Å². The highest BCUT2D eigenvalue weighted by molar-refractivity contribution is 5.65. The molecule has 0 unspecified atom stereocenters. The molecule has 1 fully saturated rings. The lowest BCUT2D eigenvalue weighted by Crippen LogP contribution is -2.27. The predicted molar refractivity (Wildman–Crippen MR) is 117 cm³/mol. The minimum absolute atomic E-state index is 0.132. The molecule has 0 spiro atoms. The van der Waals surface area contributed by atoms with E-state index in [1.807, 2.05) is 36.4 Å². The van der Waals surface area contributed by atoms with E-state index < -0.39 is 0 Å². The number of hydrogen-bond donors (Lipinski definition) is 0. The zero-order valence-corrected chi connectivity index (χ0v) is 17.5. The van der Waals surface area contributed by atoms with Gasteiger partial charge in [0, 0.05) is 18.0 Å². The van der Waals surface area contributed by atoms with Crippen LogP contribution >= 0.6 is 0 Å². The lowest BCUT2D eigenvalue weighted by molar-refractivity contribution is 0.208. The van der Waals surface area contributed by atoms with Gasteiger partial charge in [-0.15, -0.1) is 0 Å². The first-order valence-corrected chi connectivity index (χ1v) is 10.9. The second-order valence-corrected chi connectivity index (χ2v) is 8.10. The van der Waals surface area contributed by atoms with Crippen LogP contribution in [0.25, 0.3) is 16.8 Å². The van der Waals surface area contributed by atoms with E-state index in [9.17, 15) is 4.79 Å². The van der Waals surface area contributed by atoms with Gasteiger partial charge in [0.2, 0.25) is 5.89 Å². The number of nitrogens with zero attached hydrogens (tertiary/aromatic N) is 6. The van der Waals surface area contributed by atoms with Crippen LogP contribution in [-0.2, 0) is 13.1 Å². The van der Waals surface area contributed by atoms with Crippen LogP contribution in [0, 0.1) is 0 Å². The maximum Gasteiger partial charge on any atom is 0.277 e. The molecule has 0 radical (unpaired) electrons. The SMILES string of the molecule is O=c1c2cc(-c3ccccc3)nn2ccn1Cc1noc(CN2CCCCCCC2)n1. The third kappa shape index (κ3) is 4.44. The zero-order chi connectivity index (χ0) is 21.0. The molecule has 1 aliphatic rings. The Morgan fingerprint density at radius 3 is 2.52 bits per heavy atom. The smallest absolute Gasteiger partial charge is 0.277 e. The standard InChI is InChI=1S/C23H26N6O2/c30-23-20-15-19(18-9-5-4-6-10-18)25-29(20)14-13-28(23)16-21-24-22(31-26-21)17-27-11-7-2-1-3-8-12-27/h4-6,9-10,13-15H,1-3,7-8,11-12,16-17H2. The summed E-state index contributed by atoms with van der Waals surface area (Å²) in [6, 6.07) is 11.6. The molecule has 0 saturated carbocycles. The van der Waals surface area contributed by atoms with E-state index in [4.69, 9.17) is 4.52 Å². The fourth-order valence-corrected chi connectivity index (χ4v) is 4.13. The fraction of sp³-hybridized carbons (Fsp3) is 0.391. The third-order valence-corrected chi connectivity index (χ3v) is 5.80. The van der Waals surface area contributed by atoms with Crippen LogP contribution in [0.5, 0.6) is 0 Å². The highest BCUT2D eigenvalue weighted by Crippen LogP contribution is 2.18. The van der Waals surface area contributed by atoms with Gasteiger partial charge in [0.15, 0.2) is 5.82 Å². The van der Waals surface area contributed by atoms with Gasteiger partial charge in [-0.05, 0) is 32.0 Å². The molecule has 5 rings (SSSR count). The maximum absolute atomic E-state index is 13.0. The maximum atomic E-state index is 13.0. The molecule has 31 heavy (non-hydrogen) atoms. The molecule has 4 aromatic rings. The molecule has 1 saturated heterocycles. The van der Waals surface area contributed by atoms with Crippen molar-refractivity contribution in [2.24, 2.45) is 0 Å². The normalized spacial score (nSPS) is 15.7. The largest absolute Gasteiger partial charge is 0.338 e. The first-order chi connectivity index (χ1) is 15.3. The molecule has 0 amide bonds. The molecule has 8 heteroatoms. The summed E-state index contributed by atoms with van der Waals surface area (Å²) in [5, 5.41) is 8.62. The van der Waals surface area contributed by atoms with E-state index in [2.05, 4.69) is 20.1 Å². The molecule has 8 nitrogen and oxygen atoms in total.